The maximum absolute atomic E-state index is 12.9. The van der Waals surface area contributed by atoms with E-state index in [1.165, 1.54) is 12.1 Å². The van der Waals surface area contributed by atoms with Gasteiger partial charge < -0.3 is 10.4 Å². The molecule has 1 amide bonds. The van der Waals surface area contributed by atoms with Crippen molar-refractivity contribution in [2.75, 3.05) is 0 Å². The second kappa shape index (κ2) is 6.60. The smallest absolute Gasteiger partial charge is 0.307 e. The summed E-state index contributed by atoms with van der Waals surface area (Å²) in [7, 11) is 0. The number of nitrogens with zero attached hydrogens (tertiary/aromatic N) is 1. The van der Waals surface area contributed by atoms with Gasteiger partial charge in [-0.25, -0.2) is 4.98 Å². The van der Waals surface area contributed by atoms with E-state index in [9.17, 15) is 14.0 Å². The molecule has 2 aromatic rings. The zero-order valence-corrected chi connectivity index (χ0v) is 11.0. The molecule has 0 bridgehead atoms. The fraction of sp³-hybridized carbons (Fsp3) is 0.133. The second-order valence-corrected chi connectivity index (χ2v) is 4.37. The van der Waals surface area contributed by atoms with Crippen LogP contribution in [0.1, 0.15) is 21.6 Å². The molecule has 21 heavy (non-hydrogen) atoms. The van der Waals surface area contributed by atoms with E-state index in [0.717, 1.165) is 6.07 Å². The quantitative estimate of drug-likeness (QED) is 0.822. The number of carboxylic acids is 1. The van der Waals surface area contributed by atoms with Crippen LogP contribution in [0, 0.1) is 5.95 Å². The third kappa shape index (κ3) is 4.10. The van der Waals surface area contributed by atoms with Crippen molar-refractivity contribution in [3.63, 3.8) is 0 Å². The summed E-state index contributed by atoms with van der Waals surface area (Å²) in [5.74, 6) is -2.19. The van der Waals surface area contributed by atoms with E-state index in [-0.39, 0.29) is 18.7 Å². The number of carbonyl (C=O) groups excluding carboxylic acids is 1. The van der Waals surface area contributed by atoms with Gasteiger partial charge in [0.1, 0.15) is 5.69 Å². The van der Waals surface area contributed by atoms with Gasteiger partial charge in [-0.05, 0) is 23.3 Å². The molecule has 0 aliphatic heterocycles. The molecule has 0 fully saturated rings. The number of halogens is 1. The molecule has 108 valence electrons. The SMILES string of the molecule is O=C(O)Cc1ccccc1CNC(=O)c1cccc(F)n1. The van der Waals surface area contributed by atoms with Crippen molar-refractivity contribution in [2.45, 2.75) is 13.0 Å². The fourth-order valence-corrected chi connectivity index (χ4v) is 1.87. The lowest BCUT2D eigenvalue weighted by Gasteiger charge is -2.09. The molecule has 0 aliphatic carbocycles. The molecule has 0 spiro atoms. The lowest BCUT2D eigenvalue weighted by atomic mass is 10.0. The van der Waals surface area contributed by atoms with Crippen molar-refractivity contribution < 1.29 is 19.1 Å². The summed E-state index contributed by atoms with van der Waals surface area (Å²) in [4.78, 5) is 26.1. The minimum absolute atomic E-state index is 0.0225. The third-order valence-electron chi connectivity index (χ3n) is 2.85. The predicted octanol–water partition coefficient (Wildman–Crippen LogP) is 1.78. The predicted molar refractivity (Wildman–Crippen MR) is 73.1 cm³/mol. The molecule has 0 aliphatic rings. The molecule has 6 heteroatoms. The highest BCUT2D eigenvalue weighted by atomic mass is 19.1. The van der Waals surface area contributed by atoms with Gasteiger partial charge >= 0.3 is 5.97 Å². The lowest BCUT2D eigenvalue weighted by Crippen LogP contribution is -2.24. The number of carboxylic acid groups (broad SMARTS) is 1. The summed E-state index contributed by atoms with van der Waals surface area (Å²) in [6.07, 6.45) is -0.121. The summed E-state index contributed by atoms with van der Waals surface area (Å²) >= 11 is 0. The first-order valence-corrected chi connectivity index (χ1v) is 6.25. The van der Waals surface area contributed by atoms with Gasteiger partial charge in [0, 0.05) is 6.54 Å². The molecule has 0 atom stereocenters. The van der Waals surface area contributed by atoms with Crippen LogP contribution in [0.15, 0.2) is 42.5 Å². The number of benzene rings is 1. The van der Waals surface area contributed by atoms with E-state index < -0.39 is 17.8 Å². The molecule has 2 rings (SSSR count). The Kier molecular flexibility index (Phi) is 4.61. The maximum Gasteiger partial charge on any atom is 0.307 e. The molecule has 5 nitrogen and oxygen atoms in total. The number of carbonyl (C=O) groups is 2. The largest absolute Gasteiger partial charge is 0.481 e. The highest BCUT2D eigenvalue weighted by Crippen LogP contribution is 2.10. The summed E-state index contributed by atoms with van der Waals surface area (Å²) in [5, 5.41) is 11.4. The monoisotopic (exact) mass is 288 g/mol. The normalized spacial score (nSPS) is 10.1. The summed E-state index contributed by atoms with van der Waals surface area (Å²) in [6.45, 7) is 0.153. The van der Waals surface area contributed by atoms with Crippen molar-refractivity contribution in [3.8, 4) is 0 Å². The molecule has 1 heterocycles. The topological polar surface area (TPSA) is 79.3 Å². The second-order valence-electron chi connectivity index (χ2n) is 4.37. The van der Waals surface area contributed by atoms with Crippen molar-refractivity contribution in [1.29, 1.82) is 0 Å². The molecular formula is C15H13FN2O3. The van der Waals surface area contributed by atoms with Crippen molar-refractivity contribution in [3.05, 3.63) is 65.2 Å². The zero-order valence-electron chi connectivity index (χ0n) is 11.0. The van der Waals surface area contributed by atoms with Gasteiger partial charge in [0.2, 0.25) is 5.95 Å². The van der Waals surface area contributed by atoms with Crippen LogP contribution in [0.3, 0.4) is 0 Å². The van der Waals surface area contributed by atoms with Gasteiger partial charge in [0.25, 0.3) is 5.91 Å². The Balaban J connectivity index is 2.06. The fourth-order valence-electron chi connectivity index (χ4n) is 1.87. The van der Waals surface area contributed by atoms with E-state index in [1.807, 2.05) is 0 Å². The lowest BCUT2D eigenvalue weighted by molar-refractivity contribution is -0.136. The molecule has 0 unspecified atom stereocenters. The first kappa shape index (κ1) is 14.6. The standard InChI is InChI=1S/C15H13FN2O3/c16-13-7-3-6-12(18-13)15(21)17-9-11-5-2-1-4-10(11)8-14(19)20/h1-7H,8-9H2,(H,17,21)(H,19,20). The van der Waals surface area contributed by atoms with Gasteiger partial charge in [-0.15, -0.1) is 0 Å². The third-order valence-corrected chi connectivity index (χ3v) is 2.85. The van der Waals surface area contributed by atoms with Crippen LogP contribution in [-0.2, 0) is 17.8 Å². The zero-order chi connectivity index (χ0) is 15.2. The number of aliphatic carboxylic acids is 1. The molecule has 1 aromatic heterocycles. The Hall–Kier alpha value is -2.76. The number of nitrogens with one attached hydrogen (secondary N) is 1. The number of hydrogen-bond donors (Lipinski definition) is 2. The van der Waals surface area contributed by atoms with E-state index in [2.05, 4.69) is 10.3 Å². The van der Waals surface area contributed by atoms with Crippen molar-refractivity contribution in [1.82, 2.24) is 10.3 Å². The van der Waals surface area contributed by atoms with Crippen LogP contribution >= 0.6 is 0 Å². The maximum atomic E-state index is 12.9. The molecule has 2 N–H and O–H groups in total. The van der Waals surface area contributed by atoms with Crippen molar-refractivity contribution in [2.24, 2.45) is 0 Å². The van der Waals surface area contributed by atoms with E-state index in [1.54, 1.807) is 24.3 Å². The van der Waals surface area contributed by atoms with E-state index >= 15 is 0 Å². The Labute approximate surface area is 120 Å². The number of aromatic nitrogens is 1. The molecule has 1 aromatic carbocycles. The van der Waals surface area contributed by atoms with Gasteiger partial charge in [-0.1, -0.05) is 30.3 Å². The average molecular weight is 288 g/mol. The van der Waals surface area contributed by atoms with Gasteiger partial charge in [0.05, 0.1) is 6.42 Å². The van der Waals surface area contributed by atoms with E-state index in [4.69, 9.17) is 5.11 Å². The van der Waals surface area contributed by atoms with Crippen LogP contribution < -0.4 is 5.32 Å². The van der Waals surface area contributed by atoms with Crippen LogP contribution in [0.25, 0.3) is 0 Å². The average Bonchev–Trinajstić information content (AvgIpc) is 2.45. The number of hydrogen-bond acceptors (Lipinski definition) is 3. The first-order chi connectivity index (χ1) is 10.1. The van der Waals surface area contributed by atoms with Crippen LogP contribution in [-0.4, -0.2) is 22.0 Å². The van der Waals surface area contributed by atoms with Gasteiger partial charge in [-0.3, -0.25) is 9.59 Å². The van der Waals surface area contributed by atoms with Crippen LogP contribution in [0.2, 0.25) is 0 Å². The Bertz CT molecular complexity index is 673. The summed E-state index contributed by atoms with van der Waals surface area (Å²) in [5.41, 5.74) is 1.30. The highest BCUT2D eigenvalue weighted by Gasteiger charge is 2.10. The molecule has 0 radical (unpaired) electrons. The van der Waals surface area contributed by atoms with Crippen LogP contribution in [0.4, 0.5) is 4.39 Å². The van der Waals surface area contributed by atoms with E-state index in [0.29, 0.717) is 11.1 Å². The Morgan fingerprint density at radius 3 is 2.48 bits per heavy atom. The van der Waals surface area contributed by atoms with Crippen LogP contribution in [0.5, 0.6) is 0 Å². The molecule has 0 saturated carbocycles. The highest BCUT2D eigenvalue weighted by molar-refractivity contribution is 5.92. The number of amides is 1. The number of pyridine rings is 1. The summed E-state index contributed by atoms with van der Waals surface area (Å²) in [6, 6.07) is 10.9. The molecule has 0 saturated heterocycles. The Morgan fingerprint density at radius 2 is 1.81 bits per heavy atom. The van der Waals surface area contributed by atoms with Gasteiger partial charge in [0.15, 0.2) is 0 Å². The first-order valence-electron chi connectivity index (χ1n) is 6.25. The summed E-state index contributed by atoms with van der Waals surface area (Å²) < 4.78 is 12.9. The molecular weight excluding hydrogens is 275 g/mol. The van der Waals surface area contributed by atoms with Crippen molar-refractivity contribution >= 4 is 11.9 Å². The number of rotatable bonds is 5. The van der Waals surface area contributed by atoms with Gasteiger partial charge in [-0.2, -0.15) is 4.39 Å². The Morgan fingerprint density at radius 1 is 1.10 bits per heavy atom. The minimum atomic E-state index is -0.944. The minimum Gasteiger partial charge on any atom is -0.481 e.